The number of sulfonamides is 1. The van der Waals surface area contributed by atoms with Gasteiger partial charge in [0.05, 0.1) is 11.9 Å². The average Bonchev–Trinajstić information content (AvgIpc) is 3.18. The standard InChI is InChI=1S/C16H24N4O3S/c1-3-24(21,22)19-14-6-8-20(9-7-14)11-13-10-17-18-16(13)15-5-4-12(2)23-15/h4-5,10,14,19H,3,6-9,11H2,1-2H3,(H,17,18). The SMILES string of the molecule is CCS(=O)(=O)NC1CCN(Cc2cn[nH]c2-c2ccc(C)o2)CC1. The van der Waals surface area contributed by atoms with Crippen molar-refractivity contribution in [2.24, 2.45) is 0 Å². The molecule has 8 heteroatoms. The number of hydrogen-bond donors (Lipinski definition) is 2. The summed E-state index contributed by atoms with van der Waals surface area (Å²) in [6, 6.07) is 3.92. The van der Waals surface area contributed by atoms with Crippen LogP contribution >= 0.6 is 0 Å². The van der Waals surface area contributed by atoms with Gasteiger partial charge in [0.25, 0.3) is 0 Å². The number of nitrogens with zero attached hydrogens (tertiary/aromatic N) is 2. The molecule has 0 spiro atoms. The molecular weight excluding hydrogens is 328 g/mol. The summed E-state index contributed by atoms with van der Waals surface area (Å²) in [5.41, 5.74) is 2.01. The molecule has 2 aromatic heterocycles. The average molecular weight is 352 g/mol. The zero-order chi connectivity index (χ0) is 17.2. The van der Waals surface area contributed by atoms with Gasteiger partial charge >= 0.3 is 0 Å². The molecule has 1 saturated heterocycles. The summed E-state index contributed by atoms with van der Waals surface area (Å²) in [6.45, 7) is 6.08. The van der Waals surface area contributed by atoms with Crippen molar-refractivity contribution in [3.63, 3.8) is 0 Å². The molecule has 2 aromatic rings. The highest BCUT2D eigenvalue weighted by Gasteiger charge is 2.23. The molecule has 3 heterocycles. The Balaban J connectivity index is 1.59. The minimum absolute atomic E-state index is 0.0442. The zero-order valence-corrected chi connectivity index (χ0v) is 14.9. The fourth-order valence-corrected chi connectivity index (χ4v) is 3.91. The number of piperidine rings is 1. The molecule has 1 fully saturated rings. The van der Waals surface area contributed by atoms with Crippen LogP contribution in [0.15, 0.2) is 22.7 Å². The highest BCUT2D eigenvalue weighted by molar-refractivity contribution is 7.89. The quantitative estimate of drug-likeness (QED) is 0.828. The number of likely N-dealkylation sites (tertiary alicyclic amines) is 1. The molecule has 0 aliphatic carbocycles. The fourth-order valence-electron chi connectivity index (χ4n) is 3.00. The van der Waals surface area contributed by atoms with Gasteiger partial charge in [-0.25, -0.2) is 13.1 Å². The van der Waals surface area contributed by atoms with E-state index in [4.69, 9.17) is 4.42 Å². The molecule has 0 unspecified atom stereocenters. The maximum atomic E-state index is 11.7. The van der Waals surface area contributed by atoms with E-state index >= 15 is 0 Å². The van der Waals surface area contributed by atoms with Crippen LogP contribution in [0.1, 0.15) is 31.1 Å². The molecule has 2 N–H and O–H groups in total. The molecule has 3 rings (SSSR count). The van der Waals surface area contributed by atoms with Gasteiger partial charge in [0.15, 0.2) is 5.76 Å². The van der Waals surface area contributed by atoms with E-state index < -0.39 is 10.0 Å². The highest BCUT2D eigenvalue weighted by Crippen LogP contribution is 2.25. The molecule has 1 aliphatic rings. The Bertz CT molecular complexity index is 773. The second-order valence-electron chi connectivity index (χ2n) is 6.25. The lowest BCUT2D eigenvalue weighted by Crippen LogP contribution is -2.44. The van der Waals surface area contributed by atoms with Crippen molar-refractivity contribution in [1.82, 2.24) is 19.8 Å². The number of nitrogens with one attached hydrogen (secondary N) is 2. The molecule has 0 radical (unpaired) electrons. The van der Waals surface area contributed by atoms with Crippen molar-refractivity contribution in [2.45, 2.75) is 39.3 Å². The second-order valence-corrected chi connectivity index (χ2v) is 8.29. The van der Waals surface area contributed by atoms with E-state index in [0.717, 1.165) is 55.3 Å². The summed E-state index contributed by atoms with van der Waals surface area (Å²) < 4.78 is 31.8. The summed E-state index contributed by atoms with van der Waals surface area (Å²) in [5, 5.41) is 7.15. The van der Waals surface area contributed by atoms with Crippen LogP contribution < -0.4 is 4.72 Å². The topological polar surface area (TPSA) is 91.2 Å². The van der Waals surface area contributed by atoms with E-state index in [9.17, 15) is 8.42 Å². The van der Waals surface area contributed by atoms with Crippen molar-refractivity contribution >= 4 is 10.0 Å². The van der Waals surface area contributed by atoms with Gasteiger partial charge in [-0.2, -0.15) is 5.10 Å². The number of hydrogen-bond acceptors (Lipinski definition) is 5. The van der Waals surface area contributed by atoms with E-state index in [1.54, 1.807) is 6.92 Å². The third kappa shape index (κ3) is 4.06. The molecule has 24 heavy (non-hydrogen) atoms. The summed E-state index contributed by atoms with van der Waals surface area (Å²) in [5.74, 6) is 1.80. The fraction of sp³-hybridized carbons (Fsp3) is 0.562. The maximum Gasteiger partial charge on any atom is 0.211 e. The van der Waals surface area contributed by atoms with Crippen LogP contribution in [0.4, 0.5) is 0 Å². The third-order valence-corrected chi connectivity index (χ3v) is 5.86. The predicted molar refractivity (Wildman–Crippen MR) is 91.9 cm³/mol. The van der Waals surface area contributed by atoms with E-state index in [0.29, 0.717) is 0 Å². The van der Waals surface area contributed by atoms with Crippen molar-refractivity contribution < 1.29 is 12.8 Å². The molecule has 7 nitrogen and oxygen atoms in total. The van der Waals surface area contributed by atoms with Gasteiger partial charge in [-0.1, -0.05) is 0 Å². The number of aromatic nitrogens is 2. The van der Waals surface area contributed by atoms with E-state index in [2.05, 4.69) is 19.8 Å². The molecule has 1 aliphatic heterocycles. The first kappa shape index (κ1) is 17.2. The minimum Gasteiger partial charge on any atom is -0.460 e. The van der Waals surface area contributed by atoms with Crippen molar-refractivity contribution in [3.8, 4) is 11.5 Å². The lowest BCUT2D eigenvalue weighted by Gasteiger charge is -2.32. The Morgan fingerprint density at radius 1 is 1.38 bits per heavy atom. The van der Waals surface area contributed by atoms with Gasteiger partial charge in [-0.05, 0) is 38.8 Å². The van der Waals surface area contributed by atoms with E-state index in [1.807, 2.05) is 25.3 Å². The Morgan fingerprint density at radius 3 is 2.75 bits per heavy atom. The van der Waals surface area contributed by atoms with Crippen molar-refractivity contribution in [1.29, 1.82) is 0 Å². The van der Waals surface area contributed by atoms with Gasteiger partial charge in [0.2, 0.25) is 10.0 Å². The van der Waals surface area contributed by atoms with Crippen molar-refractivity contribution in [3.05, 3.63) is 29.7 Å². The third-order valence-electron chi connectivity index (χ3n) is 4.41. The van der Waals surface area contributed by atoms with Gasteiger partial charge in [0, 0.05) is 31.2 Å². The largest absolute Gasteiger partial charge is 0.460 e. The van der Waals surface area contributed by atoms with Crippen LogP contribution in [-0.2, 0) is 16.6 Å². The van der Waals surface area contributed by atoms with Crippen LogP contribution in [0.5, 0.6) is 0 Å². The Morgan fingerprint density at radius 2 is 2.12 bits per heavy atom. The van der Waals surface area contributed by atoms with Crippen LogP contribution in [0.25, 0.3) is 11.5 Å². The van der Waals surface area contributed by atoms with Crippen LogP contribution in [0.2, 0.25) is 0 Å². The minimum atomic E-state index is -3.12. The van der Waals surface area contributed by atoms with Gasteiger partial charge in [-0.15, -0.1) is 0 Å². The second kappa shape index (κ2) is 7.08. The maximum absolute atomic E-state index is 11.7. The first-order chi connectivity index (χ1) is 11.5. The van der Waals surface area contributed by atoms with Crippen LogP contribution in [-0.4, -0.2) is 48.4 Å². The van der Waals surface area contributed by atoms with E-state index in [1.165, 1.54) is 0 Å². The summed E-state index contributed by atoms with van der Waals surface area (Å²) in [7, 11) is -3.12. The summed E-state index contributed by atoms with van der Waals surface area (Å²) in [4.78, 5) is 2.32. The highest BCUT2D eigenvalue weighted by atomic mass is 32.2. The number of rotatable bonds is 6. The number of furan rings is 1. The van der Waals surface area contributed by atoms with Crippen molar-refractivity contribution in [2.75, 3.05) is 18.8 Å². The molecule has 0 aromatic carbocycles. The Labute approximate surface area is 142 Å². The molecule has 0 saturated carbocycles. The van der Waals surface area contributed by atoms with Gasteiger partial charge < -0.3 is 4.42 Å². The molecule has 0 amide bonds. The smallest absolute Gasteiger partial charge is 0.211 e. The van der Waals surface area contributed by atoms with Gasteiger partial charge in [-0.3, -0.25) is 10.00 Å². The Hall–Kier alpha value is -1.64. The zero-order valence-electron chi connectivity index (χ0n) is 14.1. The van der Waals surface area contributed by atoms with E-state index in [-0.39, 0.29) is 11.8 Å². The lowest BCUT2D eigenvalue weighted by molar-refractivity contribution is 0.200. The molecular formula is C16H24N4O3S. The predicted octanol–water partition coefficient (Wildman–Crippen LogP) is 1.88. The number of H-pyrrole nitrogens is 1. The van der Waals surface area contributed by atoms with Crippen LogP contribution in [0.3, 0.4) is 0 Å². The normalized spacial score (nSPS) is 17.4. The first-order valence-corrected chi connectivity index (χ1v) is 9.93. The lowest BCUT2D eigenvalue weighted by atomic mass is 10.1. The molecule has 0 bridgehead atoms. The van der Waals surface area contributed by atoms with Crippen LogP contribution in [0, 0.1) is 6.92 Å². The number of aromatic amines is 1. The number of aryl methyl sites for hydroxylation is 1. The monoisotopic (exact) mass is 352 g/mol. The van der Waals surface area contributed by atoms with Gasteiger partial charge in [0.1, 0.15) is 11.5 Å². The Kier molecular flexibility index (Phi) is 5.07. The summed E-state index contributed by atoms with van der Waals surface area (Å²) >= 11 is 0. The molecule has 0 atom stereocenters. The molecule has 132 valence electrons. The summed E-state index contributed by atoms with van der Waals surface area (Å²) in [6.07, 6.45) is 3.48. The first-order valence-electron chi connectivity index (χ1n) is 8.28.